The molecule has 2 saturated heterocycles. The first-order valence-corrected chi connectivity index (χ1v) is 13.3. The van der Waals surface area contributed by atoms with Crippen molar-refractivity contribution in [1.82, 2.24) is 19.4 Å². The molecular weight excluding hydrogens is 492 g/mol. The van der Waals surface area contributed by atoms with Gasteiger partial charge in [-0.15, -0.1) is 0 Å². The molecule has 5 rings (SSSR count). The van der Waals surface area contributed by atoms with Gasteiger partial charge in [-0.1, -0.05) is 17.7 Å². The Morgan fingerprint density at radius 3 is 2.73 bits per heavy atom. The van der Waals surface area contributed by atoms with Crippen molar-refractivity contribution in [3.05, 3.63) is 41.8 Å². The van der Waals surface area contributed by atoms with E-state index in [1.165, 1.54) is 0 Å². The van der Waals surface area contributed by atoms with Gasteiger partial charge in [0, 0.05) is 49.1 Å². The lowest BCUT2D eigenvalue weighted by atomic mass is 10.1. The molecule has 2 aliphatic rings. The van der Waals surface area contributed by atoms with Crippen LogP contribution in [0, 0.1) is 0 Å². The summed E-state index contributed by atoms with van der Waals surface area (Å²) in [6.45, 7) is 10.4. The van der Waals surface area contributed by atoms with Crippen molar-refractivity contribution in [1.29, 1.82) is 0 Å². The SMILES string of the molecule is C[C@@H]1CN(c2ncnc3c2c(N2CCC[C@H]2CO)cn3-c2cccc(Cl)c2)CCN1C(=O)OC(C)(C)C. The van der Waals surface area contributed by atoms with E-state index in [0.717, 1.165) is 47.6 Å². The summed E-state index contributed by atoms with van der Waals surface area (Å²) >= 11 is 6.33. The molecule has 1 N–H and O–H groups in total. The van der Waals surface area contributed by atoms with Crippen LogP contribution in [0.15, 0.2) is 36.8 Å². The van der Waals surface area contributed by atoms with Crippen molar-refractivity contribution in [2.45, 2.75) is 58.2 Å². The molecule has 9 nitrogen and oxygen atoms in total. The first kappa shape index (κ1) is 25.6. The summed E-state index contributed by atoms with van der Waals surface area (Å²) in [5, 5.41) is 11.7. The van der Waals surface area contributed by atoms with Crippen LogP contribution in [0.5, 0.6) is 0 Å². The number of halogens is 1. The summed E-state index contributed by atoms with van der Waals surface area (Å²) in [5.74, 6) is 0.833. The Morgan fingerprint density at radius 1 is 1.22 bits per heavy atom. The lowest BCUT2D eigenvalue weighted by molar-refractivity contribution is 0.0159. The van der Waals surface area contributed by atoms with E-state index < -0.39 is 5.60 Å². The molecule has 4 heterocycles. The second-order valence-electron chi connectivity index (χ2n) is 10.9. The summed E-state index contributed by atoms with van der Waals surface area (Å²) in [7, 11) is 0. The van der Waals surface area contributed by atoms with E-state index in [9.17, 15) is 9.90 Å². The van der Waals surface area contributed by atoms with Crippen molar-refractivity contribution in [2.75, 3.05) is 42.6 Å². The summed E-state index contributed by atoms with van der Waals surface area (Å²) < 4.78 is 7.68. The Labute approximate surface area is 222 Å². The maximum atomic E-state index is 12.8. The van der Waals surface area contributed by atoms with Gasteiger partial charge in [-0.3, -0.25) is 4.57 Å². The van der Waals surface area contributed by atoms with Crippen molar-refractivity contribution < 1.29 is 14.6 Å². The van der Waals surface area contributed by atoms with Gasteiger partial charge in [-0.25, -0.2) is 14.8 Å². The molecule has 1 amide bonds. The first-order valence-electron chi connectivity index (χ1n) is 12.9. The minimum Gasteiger partial charge on any atom is -0.444 e. The number of fused-ring (bicyclic) bond motifs is 1. The molecule has 0 aliphatic carbocycles. The number of carbonyl (C=O) groups is 1. The number of hydrogen-bond acceptors (Lipinski definition) is 7. The van der Waals surface area contributed by atoms with Gasteiger partial charge >= 0.3 is 6.09 Å². The third-order valence-electron chi connectivity index (χ3n) is 7.08. The molecule has 10 heteroatoms. The van der Waals surface area contributed by atoms with Crippen LogP contribution in [-0.4, -0.2) is 81.1 Å². The molecule has 2 aromatic heterocycles. The van der Waals surface area contributed by atoms with Gasteiger partial charge in [-0.2, -0.15) is 0 Å². The molecule has 198 valence electrons. The standard InChI is InChI=1S/C27H35ClN6O3/c1-18-14-31(11-12-32(18)26(36)37-27(2,3)4)24-23-22(33-10-6-9-21(33)16-35)15-34(25(23)30-17-29-24)20-8-5-7-19(28)13-20/h5,7-8,13,15,17-18,21,35H,6,9-12,14,16H2,1-4H3/t18-,21+/m1/s1. The highest BCUT2D eigenvalue weighted by atomic mass is 35.5. The number of benzene rings is 1. The molecule has 37 heavy (non-hydrogen) atoms. The highest BCUT2D eigenvalue weighted by molar-refractivity contribution is 6.30. The topological polar surface area (TPSA) is 87.0 Å². The van der Waals surface area contributed by atoms with Crippen molar-refractivity contribution in [3.8, 4) is 5.69 Å². The largest absolute Gasteiger partial charge is 0.444 e. The Bertz CT molecular complexity index is 1290. The summed E-state index contributed by atoms with van der Waals surface area (Å²) in [4.78, 5) is 28.5. The van der Waals surface area contributed by atoms with E-state index >= 15 is 0 Å². The molecule has 0 bridgehead atoms. The third kappa shape index (κ3) is 5.07. The zero-order valence-corrected chi connectivity index (χ0v) is 22.6. The van der Waals surface area contributed by atoms with Crippen LogP contribution in [0.2, 0.25) is 5.02 Å². The van der Waals surface area contributed by atoms with Crippen LogP contribution in [0.3, 0.4) is 0 Å². The van der Waals surface area contributed by atoms with Gasteiger partial charge in [0.25, 0.3) is 0 Å². The average molecular weight is 527 g/mol. The Kier molecular flexibility index (Phi) is 6.93. The minimum atomic E-state index is -0.538. The Balaban J connectivity index is 1.55. The molecule has 0 spiro atoms. The van der Waals surface area contributed by atoms with E-state index in [4.69, 9.17) is 26.3 Å². The van der Waals surface area contributed by atoms with Gasteiger partial charge in [0.1, 0.15) is 17.7 Å². The smallest absolute Gasteiger partial charge is 0.410 e. The van der Waals surface area contributed by atoms with Crippen LogP contribution in [0.4, 0.5) is 16.3 Å². The Morgan fingerprint density at radius 2 is 2.03 bits per heavy atom. The highest BCUT2D eigenvalue weighted by Crippen LogP contribution is 2.39. The minimum absolute atomic E-state index is 0.0504. The van der Waals surface area contributed by atoms with Crippen molar-refractivity contribution >= 4 is 40.2 Å². The molecule has 2 atom stereocenters. The molecule has 1 aromatic carbocycles. The maximum Gasteiger partial charge on any atom is 0.410 e. The number of nitrogens with zero attached hydrogens (tertiary/aromatic N) is 6. The number of anilines is 2. The number of carbonyl (C=O) groups excluding carboxylic acids is 1. The predicted molar refractivity (Wildman–Crippen MR) is 146 cm³/mol. The number of piperazine rings is 1. The lowest BCUT2D eigenvalue weighted by Crippen LogP contribution is -2.55. The number of rotatable bonds is 4. The second-order valence-corrected chi connectivity index (χ2v) is 11.3. The quantitative estimate of drug-likeness (QED) is 0.536. The van der Waals surface area contributed by atoms with Crippen molar-refractivity contribution in [2.24, 2.45) is 0 Å². The van der Waals surface area contributed by atoms with Gasteiger partial charge in [-0.05, 0) is 58.7 Å². The number of aliphatic hydroxyl groups is 1. The molecule has 2 aliphatic heterocycles. The Hall–Kier alpha value is -3.04. The van der Waals surface area contributed by atoms with E-state index in [-0.39, 0.29) is 24.8 Å². The van der Waals surface area contributed by atoms with Crippen LogP contribution in [0.1, 0.15) is 40.5 Å². The van der Waals surface area contributed by atoms with Gasteiger partial charge < -0.3 is 24.5 Å². The molecule has 0 unspecified atom stereocenters. The molecule has 0 saturated carbocycles. The first-order chi connectivity index (χ1) is 17.7. The predicted octanol–water partition coefficient (Wildman–Crippen LogP) is 4.48. The fourth-order valence-electron chi connectivity index (χ4n) is 5.39. The normalized spacial score (nSPS) is 20.6. The summed E-state index contributed by atoms with van der Waals surface area (Å²) in [5.41, 5.74) is 2.16. The van der Waals surface area contributed by atoms with Crippen LogP contribution < -0.4 is 9.80 Å². The number of aliphatic hydroxyl groups excluding tert-OH is 1. The third-order valence-corrected chi connectivity index (χ3v) is 7.32. The lowest BCUT2D eigenvalue weighted by Gasteiger charge is -2.41. The average Bonchev–Trinajstić information content (AvgIpc) is 3.47. The highest BCUT2D eigenvalue weighted by Gasteiger charge is 2.34. The maximum absolute atomic E-state index is 12.8. The van der Waals surface area contributed by atoms with Crippen LogP contribution >= 0.6 is 11.6 Å². The monoisotopic (exact) mass is 526 g/mol. The molecule has 0 radical (unpaired) electrons. The van der Waals surface area contributed by atoms with Crippen molar-refractivity contribution in [3.63, 3.8) is 0 Å². The summed E-state index contributed by atoms with van der Waals surface area (Å²) in [6, 6.07) is 7.70. The number of hydrogen-bond donors (Lipinski definition) is 1. The van der Waals surface area contributed by atoms with Crippen LogP contribution in [-0.2, 0) is 4.74 Å². The fraction of sp³-hybridized carbons (Fsp3) is 0.519. The van der Waals surface area contributed by atoms with E-state index in [1.54, 1.807) is 11.2 Å². The second kappa shape index (κ2) is 10.0. The fourth-order valence-corrected chi connectivity index (χ4v) is 5.58. The summed E-state index contributed by atoms with van der Waals surface area (Å²) in [6.07, 6.45) is 5.35. The zero-order chi connectivity index (χ0) is 26.3. The number of ether oxygens (including phenoxy) is 1. The van der Waals surface area contributed by atoms with Gasteiger partial charge in [0.15, 0.2) is 5.65 Å². The van der Waals surface area contributed by atoms with Gasteiger partial charge in [0.05, 0.1) is 23.7 Å². The van der Waals surface area contributed by atoms with E-state index in [1.807, 2.05) is 52.0 Å². The van der Waals surface area contributed by atoms with E-state index in [0.29, 0.717) is 24.7 Å². The number of amides is 1. The van der Waals surface area contributed by atoms with Gasteiger partial charge in [0.2, 0.25) is 0 Å². The molecule has 2 fully saturated rings. The molecular formula is C27H35ClN6O3. The zero-order valence-electron chi connectivity index (χ0n) is 21.9. The van der Waals surface area contributed by atoms with Crippen LogP contribution in [0.25, 0.3) is 16.7 Å². The molecule has 3 aromatic rings. The van der Waals surface area contributed by atoms with E-state index in [2.05, 4.69) is 20.6 Å². The number of aromatic nitrogens is 3.